The van der Waals surface area contributed by atoms with Crippen LogP contribution in [0.25, 0.3) is 0 Å². The molecule has 1 heterocycles. The number of carbonyl (C=O) groups is 2. The van der Waals surface area contributed by atoms with Crippen molar-refractivity contribution >= 4 is 34.7 Å². The van der Waals surface area contributed by atoms with Gasteiger partial charge in [-0.2, -0.15) is 0 Å². The predicted molar refractivity (Wildman–Crippen MR) is 126 cm³/mol. The molecule has 3 rings (SSSR count). The van der Waals surface area contributed by atoms with Crippen molar-refractivity contribution in [3.63, 3.8) is 0 Å². The molecule has 0 radical (unpaired) electrons. The van der Waals surface area contributed by atoms with E-state index in [0.717, 1.165) is 22.4 Å². The molecule has 0 saturated heterocycles. The van der Waals surface area contributed by atoms with Gasteiger partial charge in [-0.1, -0.05) is 17.7 Å². The SMILES string of the molecule is Cc1ccc(OCc2nc(CC(=O)Nc3cc(F)ccc3NC(=O)OC(C)(C)C)cs2)cc1. The molecule has 0 atom stereocenters. The van der Waals surface area contributed by atoms with Crippen LogP contribution in [0.15, 0.2) is 47.8 Å². The fourth-order valence-corrected chi connectivity index (χ4v) is 3.48. The lowest BCUT2D eigenvalue weighted by atomic mass is 10.2. The van der Waals surface area contributed by atoms with Crippen molar-refractivity contribution in [2.45, 2.75) is 46.3 Å². The summed E-state index contributed by atoms with van der Waals surface area (Å²) < 4.78 is 24.7. The van der Waals surface area contributed by atoms with Crippen LogP contribution in [-0.4, -0.2) is 22.6 Å². The zero-order valence-corrected chi connectivity index (χ0v) is 19.7. The summed E-state index contributed by atoms with van der Waals surface area (Å²) in [5, 5.41) is 7.66. The van der Waals surface area contributed by atoms with Crippen molar-refractivity contribution in [2.24, 2.45) is 0 Å². The van der Waals surface area contributed by atoms with Crippen molar-refractivity contribution in [2.75, 3.05) is 10.6 Å². The van der Waals surface area contributed by atoms with Crippen LogP contribution in [0.5, 0.6) is 5.75 Å². The third-order valence-corrected chi connectivity index (χ3v) is 5.09. The predicted octanol–water partition coefficient (Wildman–Crippen LogP) is 5.70. The molecule has 174 valence electrons. The van der Waals surface area contributed by atoms with E-state index in [9.17, 15) is 14.0 Å². The fraction of sp³-hybridized carbons (Fsp3) is 0.292. The van der Waals surface area contributed by atoms with Crippen molar-refractivity contribution in [3.05, 3.63) is 69.9 Å². The molecule has 33 heavy (non-hydrogen) atoms. The number of aromatic nitrogens is 1. The minimum atomic E-state index is -0.706. The van der Waals surface area contributed by atoms with Gasteiger partial charge in [-0.15, -0.1) is 11.3 Å². The maximum absolute atomic E-state index is 13.8. The van der Waals surface area contributed by atoms with Crippen LogP contribution >= 0.6 is 11.3 Å². The summed E-state index contributed by atoms with van der Waals surface area (Å²) in [5.74, 6) is -0.209. The first kappa shape index (κ1) is 24.2. The van der Waals surface area contributed by atoms with Crippen LogP contribution < -0.4 is 15.4 Å². The van der Waals surface area contributed by atoms with E-state index in [1.54, 1.807) is 26.2 Å². The summed E-state index contributed by atoms with van der Waals surface area (Å²) in [7, 11) is 0. The van der Waals surface area contributed by atoms with E-state index >= 15 is 0 Å². The summed E-state index contributed by atoms with van der Waals surface area (Å²) in [6, 6.07) is 11.4. The van der Waals surface area contributed by atoms with Gasteiger partial charge in [0.15, 0.2) is 0 Å². The lowest BCUT2D eigenvalue weighted by molar-refractivity contribution is -0.115. The number of carbonyl (C=O) groups excluding carboxylic acids is 2. The molecule has 7 nitrogen and oxygen atoms in total. The van der Waals surface area contributed by atoms with Crippen molar-refractivity contribution in [1.29, 1.82) is 0 Å². The average Bonchev–Trinajstić information content (AvgIpc) is 3.15. The van der Waals surface area contributed by atoms with Crippen LogP contribution in [0.4, 0.5) is 20.6 Å². The lowest BCUT2D eigenvalue weighted by Gasteiger charge is -2.20. The number of hydrogen-bond donors (Lipinski definition) is 2. The summed E-state index contributed by atoms with van der Waals surface area (Å²) in [4.78, 5) is 29.0. The van der Waals surface area contributed by atoms with Crippen LogP contribution in [0.3, 0.4) is 0 Å². The van der Waals surface area contributed by atoms with E-state index in [4.69, 9.17) is 9.47 Å². The van der Waals surface area contributed by atoms with Gasteiger partial charge in [-0.25, -0.2) is 14.2 Å². The van der Waals surface area contributed by atoms with Gasteiger partial charge in [-0.3, -0.25) is 10.1 Å². The molecule has 0 aliphatic heterocycles. The summed E-state index contributed by atoms with van der Waals surface area (Å²) in [6.07, 6.45) is -0.717. The third-order valence-electron chi connectivity index (χ3n) is 4.22. The number of aryl methyl sites for hydroxylation is 1. The highest BCUT2D eigenvalue weighted by molar-refractivity contribution is 7.09. The first-order valence-electron chi connectivity index (χ1n) is 10.3. The molecule has 2 aromatic carbocycles. The fourth-order valence-electron chi connectivity index (χ4n) is 2.78. The molecule has 2 N–H and O–H groups in total. The molecular weight excluding hydrogens is 445 g/mol. The van der Waals surface area contributed by atoms with Gasteiger partial charge < -0.3 is 14.8 Å². The highest BCUT2D eigenvalue weighted by Crippen LogP contribution is 2.24. The van der Waals surface area contributed by atoms with Gasteiger partial charge in [0, 0.05) is 5.38 Å². The second-order valence-corrected chi connectivity index (χ2v) is 9.32. The molecule has 3 aromatic rings. The van der Waals surface area contributed by atoms with Gasteiger partial charge >= 0.3 is 6.09 Å². The number of halogens is 1. The van der Waals surface area contributed by atoms with E-state index in [2.05, 4.69) is 15.6 Å². The topological polar surface area (TPSA) is 89.5 Å². The van der Waals surface area contributed by atoms with Crippen LogP contribution in [0.1, 0.15) is 37.0 Å². The van der Waals surface area contributed by atoms with Gasteiger partial charge in [0.2, 0.25) is 5.91 Å². The van der Waals surface area contributed by atoms with Crippen molar-refractivity contribution < 1.29 is 23.5 Å². The Morgan fingerprint density at radius 3 is 2.48 bits per heavy atom. The summed E-state index contributed by atoms with van der Waals surface area (Å²) in [6.45, 7) is 7.49. The highest BCUT2D eigenvalue weighted by Gasteiger charge is 2.18. The molecule has 0 spiro atoms. The van der Waals surface area contributed by atoms with Crippen LogP contribution in [0, 0.1) is 12.7 Å². The Bertz CT molecular complexity index is 1120. The van der Waals surface area contributed by atoms with Crippen molar-refractivity contribution in [1.82, 2.24) is 4.98 Å². The van der Waals surface area contributed by atoms with E-state index in [1.807, 2.05) is 31.2 Å². The standard InChI is InChI=1S/C24H26FN3O4S/c1-15-5-8-18(9-6-15)31-13-22-26-17(14-33-22)12-21(29)27-20-11-16(25)7-10-19(20)28-23(30)32-24(2,3)4/h5-11,14H,12-13H2,1-4H3,(H,27,29)(H,28,30). The maximum Gasteiger partial charge on any atom is 0.412 e. The van der Waals surface area contributed by atoms with E-state index in [-0.39, 0.29) is 17.8 Å². The zero-order valence-electron chi connectivity index (χ0n) is 18.9. The Morgan fingerprint density at radius 1 is 1.06 bits per heavy atom. The highest BCUT2D eigenvalue weighted by atomic mass is 32.1. The number of hydrogen-bond acceptors (Lipinski definition) is 6. The first-order valence-corrected chi connectivity index (χ1v) is 11.2. The minimum Gasteiger partial charge on any atom is -0.486 e. The largest absolute Gasteiger partial charge is 0.486 e. The molecule has 1 aromatic heterocycles. The first-order chi connectivity index (χ1) is 15.6. The second-order valence-electron chi connectivity index (χ2n) is 8.38. The summed E-state index contributed by atoms with van der Waals surface area (Å²) >= 11 is 1.39. The second kappa shape index (κ2) is 10.4. The minimum absolute atomic E-state index is 0.0105. The average molecular weight is 472 g/mol. The number of nitrogens with one attached hydrogen (secondary N) is 2. The molecule has 0 fully saturated rings. The Morgan fingerprint density at radius 2 is 1.79 bits per heavy atom. The van der Waals surface area contributed by atoms with Crippen LogP contribution in [-0.2, 0) is 22.6 Å². The number of amides is 2. The Kier molecular flexibility index (Phi) is 7.65. The quantitative estimate of drug-likeness (QED) is 0.462. The van der Waals surface area contributed by atoms with Crippen LogP contribution in [0.2, 0.25) is 0 Å². The number of ether oxygens (including phenoxy) is 2. The smallest absolute Gasteiger partial charge is 0.412 e. The van der Waals surface area contributed by atoms with Gasteiger partial charge in [0.25, 0.3) is 0 Å². The molecule has 0 aliphatic carbocycles. The van der Waals surface area contributed by atoms with E-state index in [1.165, 1.54) is 23.5 Å². The number of thiazole rings is 1. The maximum atomic E-state index is 13.8. The number of rotatable bonds is 7. The molecule has 9 heteroatoms. The van der Waals surface area contributed by atoms with E-state index < -0.39 is 23.4 Å². The molecule has 0 saturated carbocycles. The number of anilines is 2. The number of benzene rings is 2. The third kappa shape index (κ3) is 7.87. The summed E-state index contributed by atoms with van der Waals surface area (Å²) in [5.41, 5.74) is 1.37. The zero-order chi connectivity index (χ0) is 24.0. The normalized spacial score (nSPS) is 11.1. The van der Waals surface area contributed by atoms with Gasteiger partial charge in [-0.05, 0) is 58.0 Å². The Balaban J connectivity index is 1.59. The lowest BCUT2D eigenvalue weighted by Crippen LogP contribution is -2.27. The monoisotopic (exact) mass is 471 g/mol. The number of nitrogens with zero attached hydrogens (tertiary/aromatic N) is 1. The Hall–Kier alpha value is -3.46. The van der Waals surface area contributed by atoms with Crippen molar-refractivity contribution in [3.8, 4) is 5.75 Å². The molecule has 0 unspecified atom stereocenters. The molecule has 0 aliphatic rings. The van der Waals surface area contributed by atoms with Gasteiger partial charge in [0.1, 0.15) is 28.8 Å². The molecule has 2 amide bonds. The Labute approximate surface area is 196 Å². The van der Waals surface area contributed by atoms with Gasteiger partial charge in [0.05, 0.1) is 23.5 Å². The molecule has 0 bridgehead atoms. The molecular formula is C24H26FN3O4S. The van der Waals surface area contributed by atoms with E-state index in [0.29, 0.717) is 12.3 Å².